The molecule has 3 rings (SSSR count). The molecule has 3 heterocycles. The van der Waals surface area contributed by atoms with Gasteiger partial charge in [-0.05, 0) is 29.3 Å². The van der Waals surface area contributed by atoms with E-state index in [9.17, 15) is 4.79 Å². The van der Waals surface area contributed by atoms with Gasteiger partial charge in [-0.3, -0.25) is 4.79 Å². The van der Waals surface area contributed by atoms with E-state index in [1.165, 1.54) is 7.11 Å². The van der Waals surface area contributed by atoms with Gasteiger partial charge in [0, 0.05) is 38.6 Å². The Balaban J connectivity index is 0.00000208. The fraction of sp³-hybridized carbons (Fsp3) is 0.467. The van der Waals surface area contributed by atoms with Crippen LogP contribution in [0.3, 0.4) is 0 Å². The summed E-state index contributed by atoms with van der Waals surface area (Å²) in [5.41, 5.74) is 8.46. The number of nitrogens with two attached hydrogens (primary N) is 1. The summed E-state index contributed by atoms with van der Waals surface area (Å²) in [5, 5.41) is 3.78. The van der Waals surface area contributed by atoms with Crippen LogP contribution in [0.25, 0.3) is 11.0 Å². The summed E-state index contributed by atoms with van der Waals surface area (Å²) in [6.07, 6.45) is 3.94. The van der Waals surface area contributed by atoms with E-state index in [0.717, 1.165) is 40.7 Å². The Bertz CT molecular complexity index is 738. The molecule has 2 aromatic rings. The van der Waals surface area contributed by atoms with E-state index >= 15 is 0 Å². The van der Waals surface area contributed by atoms with Gasteiger partial charge >= 0.3 is 0 Å². The molecule has 1 amide bonds. The number of carbonyl (C=O) groups is 1. The van der Waals surface area contributed by atoms with Crippen LogP contribution in [0.4, 0.5) is 11.4 Å². The Morgan fingerprint density at radius 2 is 2.38 bits per heavy atom. The van der Waals surface area contributed by atoms with Crippen molar-refractivity contribution >= 4 is 56.7 Å². The number of methoxy groups -OCH3 is 1. The average Bonchev–Trinajstić information content (AvgIpc) is 3.13. The van der Waals surface area contributed by atoms with Crippen LogP contribution >= 0.6 is 28.3 Å². The molecule has 0 saturated carbocycles. The summed E-state index contributed by atoms with van der Waals surface area (Å²) in [4.78, 5) is 21.9. The summed E-state index contributed by atoms with van der Waals surface area (Å²) in [7, 11) is 1.51. The van der Waals surface area contributed by atoms with E-state index in [1.807, 2.05) is 0 Å². The number of pyridine rings is 1. The predicted molar refractivity (Wildman–Crippen MR) is 101 cm³/mol. The summed E-state index contributed by atoms with van der Waals surface area (Å²) in [6, 6.07) is 0.163. The first-order valence-corrected chi connectivity index (χ1v) is 8.30. The molecule has 9 heteroatoms. The largest absolute Gasteiger partial charge is 0.372 e. The first-order chi connectivity index (χ1) is 11.0. The zero-order valence-corrected chi connectivity index (χ0v) is 15.9. The third-order valence-electron chi connectivity index (χ3n) is 4.15. The lowest BCUT2D eigenvalue weighted by Crippen LogP contribution is -2.28. The maximum absolute atomic E-state index is 12.1. The monoisotopic (exact) mass is 417 g/mol. The van der Waals surface area contributed by atoms with Crippen LogP contribution in [0, 0.1) is 0 Å². The highest BCUT2D eigenvalue weighted by Crippen LogP contribution is 2.39. The first kappa shape index (κ1) is 19.0. The lowest BCUT2D eigenvalue weighted by Gasteiger charge is -2.21. The molecule has 0 unspecified atom stereocenters. The number of H-pyrrole nitrogens is 1. The minimum absolute atomic E-state index is 0. The first-order valence-electron chi connectivity index (χ1n) is 7.51. The van der Waals surface area contributed by atoms with Crippen molar-refractivity contribution in [3.05, 3.63) is 16.9 Å². The van der Waals surface area contributed by atoms with Crippen LogP contribution in [-0.2, 0) is 9.53 Å². The van der Waals surface area contributed by atoms with Crippen molar-refractivity contribution in [2.75, 3.05) is 30.4 Å². The van der Waals surface area contributed by atoms with Gasteiger partial charge in [-0.15, -0.1) is 12.4 Å². The van der Waals surface area contributed by atoms with Gasteiger partial charge < -0.3 is 25.7 Å². The average molecular weight is 419 g/mol. The normalized spacial score (nSPS) is 18.5. The van der Waals surface area contributed by atoms with Gasteiger partial charge in [-0.2, -0.15) is 0 Å². The van der Waals surface area contributed by atoms with E-state index in [1.54, 1.807) is 19.3 Å². The lowest BCUT2D eigenvalue weighted by molar-refractivity contribution is -0.124. The molecule has 0 aromatic carbocycles. The van der Waals surface area contributed by atoms with Crippen molar-refractivity contribution in [3.8, 4) is 0 Å². The second kappa shape index (κ2) is 7.69. The fourth-order valence-electron chi connectivity index (χ4n) is 2.80. The van der Waals surface area contributed by atoms with E-state index in [4.69, 9.17) is 10.5 Å². The topological polar surface area (TPSA) is 96.3 Å². The number of aromatic nitrogens is 2. The van der Waals surface area contributed by atoms with Gasteiger partial charge in [0.2, 0.25) is 0 Å². The van der Waals surface area contributed by atoms with Gasteiger partial charge in [0.15, 0.2) is 0 Å². The number of carbonyl (C=O) groups excluding carboxylic acids is 1. The van der Waals surface area contributed by atoms with Crippen molar-refractivity contribution in [2.24, 2.45) is 5.73 Å². The highest BCUT2D eigenvalue weighted by atomic mass is 79.9. The lowest BCUT2D eigenvalue weighted by atomic mass is 10.2. The van der Waals surface area contributed by atoms with Crippen molar-refractivity contribution < 1.29 is 9.53 Å². The molecule has 0 aliphatic carbocycles. The van der Waals surface area contributed by atoms with E-state index in [-0.39, 0.29) is 24.4 Å². The van der Waals surface area contributed by atoms with Gasteiger partial charge in [0.25, 0.3) is 5.91 Å². The van der Waals surface area contributed by atoms with E-state index < -0.39 is 6.10 Å². The smallest absolute Gasteiger partial charge is 0.253 e. The number of fused-ring (bicyclic) bond motifs is 1. The molecule has 1 fully saturated rings. The summed E-state index contributed by atoms with van der Waals surface area (Å²) in [6.45, 7) is 3.37. The number of ether oxygens (including phenoxy) is 1. The van der Waals surface area contributed by atoms with E-state index in [2.05, 4.69) is 36.1 Å². The van der Waals surface area contributed by atoms with Crippen LogP contribution in [-0.4, -0.2) is 48.2 Å². The molecule has 0 bridgehead atoms. The molecule has 1 aliphatic heterocycles. The molecular weight excluding hydrogens is 398 g/mol. The van der Waals surface area contributed by atoms with E-state index in [0.29, 0.717) is 5.69 Å². The number of anilines is 2. The molecular formula is C15H21BrClN5O2. The molecule has 24 heavy (non-hydrogen) atoms. The van der Waals surface area contributed by atoms with Crippen molar-refractivity contribution in [1.82, 2.24) is 9.97 Å². The van der Waals surface area contributed by atoms with Crippen molar-refractivity contribution in [3.63, 3.8) is 0 Å². The molecule has 1 saturated heterocycles. The Morgan fingerprint density at radius 1 is 1.62 bits per heavy atom. The standard InChI is InChI=1S/C15H20BrN5O2.ClH/c1-8(23-2)15(22)20-11-6-19-14-12(11)13(10(16)5-18-14)21-4-3-9(17)7-21;/h5-6,8-9H,3-4,7,17H2,1-2H3,(H,18,19)(H,20,22);1H/t8-,9+;/m0./s1. The zero-order valence-electron chi connectivity index (χ0n) is 13.5. The molecule has 0 spiro atoms. The SMILES string of the molecule is CO[C@@H](C)C(=O)Nc1c[nH]c2ncc(Br)c(N3CC[C@@H](N)C3)c12.Cl. The minimum Gasteiger partial charge on any atom is -0.372 e. The number of halogens is 2. The molecule has 4 N–H and O–H groups in total. The zero-order chi connectivity index (χ0) is 16.6. The van der Waals surface area contributed by atoms with Crippen LogP contribution < -0.4 is 16.0 Å². The van der Waals surface area contributed by atoms with Crippen molar-refractivity contribution in [2.45, 2.75) is 25.5 Å². The van der Waals surface area contributed by atoms with Crippen LogP contribution in [0.1, 0.15) is 13.3 Å². The van der Waals surface area contributed by atoms with Gasteiger partial charge in [-0.25, -0.2) is 4.98 Å². The summed E-state index contributed by atoms with van der Waals surface area (Å²) < 4.78 is 5.95. The Hall–Kier alpha value is -1.35. The predicted octanol–water partition coefficient (Wildman–Crippen LogP) is 2.26. The quantitative estimate of drug-likeness (QED) is 0.708. The molecule has 7 nitrogen and oxygen atoms in total. The summed E-state index contributed by atoms with van der Waals surface area (Å²) in [5.74, 6) is -0.197. The van der Waals surface area contributed by atoms with Crippen molar-refractivity contribution in [1.29, 1.82) is 0 Å². The second-order valence-corrected chi connectivity index (χ2v) is 6.60. The highest BCUT2D eigenvalue weighted by Gasteiger charge is 2.25. The van der Waals surface area contributed by atoms with Gasteiger partial charge in [0.05, 0.1) is 21.2 Å². The number of hydrogen-bond acceptors (Lipinski definition) is 5. The Labute approximate surface area is 154 Å². The number of hydrogen-bond donors (Lipinski definition) is 3. The van der Waals surface area contributed by atoms with Crippen LogP contribution in [0.2, 0.25) is 0 Å². The van der Waals surface area contributed by atoms with Crippen LogP contribution in [0.5, 0.6) is 0 Å². The number of nitrogens with zero attached hydrogens (tertiary/aromatic N) is 2. The Kier molecular flexibility index (Phi) is 6.08. The molecule has 1 aliphatic rings. The third kappa shape index (κ3) is 3.51. The number of amides is 1. The number of aromatic amines is 1. The Morgan fingerprint density at radius 3 is 3.00 bits per heavy atom. The minimum atomic E-state index is -0.524. The van der Waals surface area contributed by atoms with Crippen LogP contribution in [0.15, 0.2) is 16.9 Å². The highest BCUT2D eigenvalue weighted by molar-refractivity contribution is 9.10. The maximum atomic E-state index is 12.1. The molecule has 2 aromatic heterocycles. The maximum Gasteiger partial charge on any atom is 0.253 e. The van der Waals surface area contributed by atoms with Gasteiger partial charge in [-0.1, -0.05) is 0 Å². The molecule has 132 valence electrons. The molecule has 2 atom stereocenters. The third-order valence-corrected chi connectivity index (χ3v) is 4.73. The molecule has 0 radical (unpaired) electrons. The number of nitrogens with one attached hydrogen (secondary N) is 2. The fourth-order valence-corrected chi connectivity index (χ4v) is 3.35. The second-order valence-electron chi connectivity index (χ2n) is 5.74. The van der Waals surface area contributed by atoms with Gasteiger partial charge in [0.1, 0.15) is 11.8 Å². The number of rotatable bonds is 4. The summed E-state index contributed by atoms with van der Waals surface area (Å²) >= 11 is 3.58.